The minimum atomic E-state index is -0.620. The summed E-state index contributed by atoms with van der Waals surface area (Å²) in [6.07, 6.45) is -0.480. The number of hydrogen-bond donors (Lipinski definition) is 2. The number of nitrogens with zero attached hydrogens (tertiary/aromatic N) is 2. The first-order valence-corrected chi connectivity index (χ1v) is 2.67. The standard InChI is InChI=1S/C5H11N3O/c1-8(7)4-5(9)2-3-6/h5,9H,2,4,7H2,1H3. The third-order valence-electron chi connectivity index (χ3n) is 0.826. The molecule has 0 bridgehead atoms. The Morgan fingerprint density at radius 2 is 2.44 bits per heavy atom. The van der Waals surface area contributed by atoms with Crippen molar-refractivity contribution < 1.29 is 5.11 Å². The third kappa shape index (κ3) is 5.24. The lowest BCUT2D eigenvalue weighted by Gasteiger charge is -2.11. The zero-order chi connectivity index (χ0) is 7.28. The van der Waals surface area contributed by atoms with Crippen molar-refractivity contribution in [3.05, 3.63) is 0 Å². The Morgan fingerprint density at radius 3 is 2.78 bits per heavy atom. The quantitative estimate of drug-likeness (QED) is 0.381. The molecule has 0 aromatic carbocycles. The smallest absolute Gasteiger partial charge is 0.0810 e. The van der Waals surface area contributed by atoms with Crippen LogP contribution >= 0.6 is 0 Å². The van der Waals surface area contributed by atoms with Gasteiger partial charge in [-0.05, 0) is 0 Å². The molecule has 0 aliphatic carbocycles. The predicted molar refractivity (Wildman–Crippen MR) is 33.1 cm³/mol. The molecule has 9 heavy (non-hydrogen) atoms. The van der Waals surface area contributed by atoms with Gasteiger partial charge >= 0.3 is 0 Å². The third-order valence-corrected chi connectivity index (χ3v) is 0.826. The van der Waals surface area contributed by atoms with E-state index in [1.807, 2.05) is 6.07 Å². The molecular formula is C5H11N3O. The second-order valence-electron chi connectivity index (χ2n) is 1.96. The normalized spacial score (nSPS) is 13.2. The Hall–Kier alpha value is -0.630. The van der Waals surface area contributed by atoms with Crippen LogP contribution in [0.4, 0.5) is 0 Å². The molecule has 0 spiro atoms. The predicted octanol–water partition coefficient (Wildman–Crippen LogP) is -0.934. The first kappa shape index (κ1) is 8.37. The van der Waals surface area contributed by atoms with Crippen LogP contribution in [0.1, 0.15) is 6.42 Å². The Morgan fingerprint density at radius 1 is 1.89 bits per heavy atom. The maximum Gasteiger partial charge on any atom is 0.0810 e. The molecule has 0 fully saturated rings. The van der Waals surface area contributed by atoms with E-state index in [1.165, 1.54) is 5.01 Å². The van der Waals surface area contributed by atoms with Gasteiger partial charge in [-0.1, -0.05) is 0 Å². The Bertz CT molecular complexity index is 107. The van der Waals surface area contributed by atoms with Crippen LogP contribution in [0.25, 0.3) is 0 Å². The summed E-state index contributed by atoms with van der Waals surface area (Å²) in [7, 11) is 1.64. The first-order valence-electron chi connectivity index (χ1n) is 2.67. The molecule has 0 aliphatic heterocycles. The van der Waals surface area contributed by atoms with Crippen LogP contribution in [-0.2, 0) is 0 Å². The number of rotatable bonds is 3. The zero-order valence-electron chi connectivity index (χ0n) is 5.41. The maximum absolute atomic E-state index is 8.88. The van der Waals surface area contributed by atoms with Crippen molar-refractivity contribution in [2.75, 3.05) is 13.6 Å². The van der Waals surface area contributed by atoms with Crippen molar-refractivity contribution in [2.24, 2.45) is 5.84 Å². The van der Waals surface area contributed by atoms with Gasteiger partial charge < -0.3 is 5.11 Å². The van der Waals surface area contributed by atoms with E-state index in [4.69, 9.17) is 16.2 Å². The lowest BCUT2D eigenvalue weighted by atomic mass is 10.3. The molecule has 0 heterocycles. The second kappa shape index (κ2) is 4.27. The molecule has 1 atom stereocenters. The van der Waals surface area contributed by atoms with Gasteiger partial charge in [-0.25, -0.2) is 5.01 Å². The second-order valence-corrected chi connectivity index (χ2v) is 1.96. The number of hydrogen-bond acceptors (Lipinski definition) is 4. The molecule has 0 aliphatic rings. The highest BCUT2D eigenvalue weighted by molar-refractivity contribution is 4.75. The molecule has 0 saturated heterocycles. The highest BCUT2D eigenvalue weighted by atomic mass is 16.3. The van der Waals surface area contributed by atoms with Crippen LogP contribution in [0.5, 0.6) is 0 Å². The highest BCUT2D eigenvalue weighted by Gasteiger charge is 2.02. The van der Waals surface area contributed by atoms with Gasteiger partial charge in [0.15, 0.2) is 0 Å². The van der Waals surface area contributed by atoms with Crippen molar-refractivity contribution in [2.45, 2.75) is 12.5 Å². The van der Waals surface area contributed by atoms with Crippen molar-refractivity contribution in [1.82, 2.24) is 5.01 Å². The summed E-state index contributed by atoms with van der Waals surface area (Å²) < 4.78 is 0. The topological polar surface area (TPSA) is 73.3 Å². The summed E-state index contributed by atoms with van der Waals surface area (Å²) in [4.78, 5) is 0. The Labute approximate surface area is 54.5 Å². The fraction of sp³-hybridized carbons (Fsp3) is 0.800. The SMILES string of the molecule is CN(N)CC(O)CC#N. The molecule has 4 heteroatoms. The van der Waals surface area contributed by atoms with E-state index in [2.05, 4.69) is 0 Å². The zero-order valence-corrected chi connectivity index (χ0v) is 5.41. The average molecular weight is 129 g/mol. The van der Waals surface area contributed by atoms with Crippen molar-refractivity contribution in [1.29, 1.82) is 5.26 Å². The molecule has 1 unspecified atom stereocenters. The largest absolute Gasteiger partial charge is 0.391 e. The van der Waals surface area contributed by atoms with Gasteiger partial charge in [-0.15, -0.1) is 0 Å². The molecule has 0 rings (SSSR count). The van der Waals surface area contributed by atoms with E-state index in [-0.39, 0.29) is 6.42 Å². The van der Waals surface area contributed by atoms with E-state index in [9.17, 15) is 0 Å². The highest BCUT2D eigenvalue weighted by Crippen LogP contribution is 1.88. The number of aliphatic hydroxyl groups is 1. The summed E-state index contributed by atoms with van der Waals surface area (Å²) in [6, 6.07) is 1.84. The van der Waals surface area contributed by atoms with E-state index < -0.39 is 6.10 Å². The number of aliphatic hydroxyl groups excluding tert-OH is 1. The molecule has 0 aromatic heterocycles. The van der Waals surface area contributed by atoms with Crippen molar-refractivity contribution in [3.63, 3.8) is 0 Å². The van der Waals surface area contributed by atoms with E-state index in [0.29, 0.717) is 6.54 Å². The maximum atomic E-state index is 8.88. The summed E-state index contributed by atoms with van der Waals surface area (Å²) in [5.74, 6) is 5.19. The number of hydrazine groups is 1. The lowest BCUT2D eigenvalue weighted by Crippen LogP contribution is -2.34. The molecule has 3 N–H and O–H groups in total. The Balaban J connectivity index is 3.29. The number of nitriles is 1. The monoisotopic (exact) mass is 129 g/mol. The summed E-state index contributed by atoms with van der Waals surface area (Å²) in [5, 5.41) is 18.3. The minimum absolute atomic E-state index is 0.140. The molecule has 0 amide bonds. The van der Waals surface area contributed by atoms with Crippen LogP contribution in [0.3, 0.4) is 0 Å². The molecule has 0 radical (unpaired) electrons. The van der Waals surface area contributed by atoms with E-state index in [1.54, 1.807) is 7.05 Å². The first-order chi connectivity index (χ1) is 4.16. The fourth-order valence-electron chi connectivity index (χ4n) is 0.502. The van der Waals surface area contributed by atoms with Crippen LogP contribution in [-0.4, -0.2) is 29.8 Å². The number of nitrogens with two attached hydrogens (primary N) is 1. The van der Waals surface area contributed by atoms with Crippen LogP contribution in [0, 0.1) is 11.3 Å². The van der Waals surface area contributed by atoms with Crippen LogP contribution < -0.4 is 5.84 Å². The van der Waals surface area contributed by atoms with Crippen molar-refractivity contribution >= 4 is 0 Å². The van der Waals surface area contributed by atoms with Crippen LogP contribution in [0.15, 0.2) is 0 Å². The van der Waals surface area contributed by atoms with Gasteiger partial charge in [0.25, 0.3) is 0 Å². The Kier molecular flexibility index (Phi) is 3.97. The van der Waals surface area contributed by atoms with Crippen molar-refractivity contribution in [3.8, 4) is 6.07 Å². The van der Waals surface area contributed by atoms with E-state index >= 15 is 0 Å². The molecule has 4 nitrogen and oxygen atoms in total. The van der Waals surface area contributed by atoms with Gasteiger partial charge in [0.05, 0.1) is 18.6 Å². The number of likely N-dealkylation sites (N-methyl/N-ethyl adjacent to an activating group) is 1. The van der Waals surface area contributed by atoms with Gasteiger partial charge in [0.1, 0.15) is 0 Å². The minimum Gasteiger partial charge on any atom is -0.391 e. The van der Waals surface area contributed by atoms with Gasteiger partial charge in [0, 0.05) is 13.6 Å². The fourth-order valence-corrected chi connectivity index (χ4v) is 0.502. The van der Waals surface area contributed by atoms with Gasteiger partial charge in [0.2, 0.25) is 0 Å². The van der Waals surface area contributed by atoms with E-state index in [0.717, 1.165) is 0 Å². The molecule has 0 saturated carbocycles. The molecule has 0 aromatic rings. The summed E-state index contributed by atoms with van der Waals surface area (Å²) in [5.41, 5.74) is 0. The summed E-state index contributed by atoms with van der Waals surface area (Å²) in [6.45, 7) is 0.341. The molecule has 52 valence electrons. The van der Waals surface area contributed by atoms with Crippen LogP contribution in [0.2, 0.25) is 0 Å². The molecular weight excluding hydrogens is 118 g/mol. The lowest BCUT2D eigenvalue weighted by molar-refractivity contribution is 0.130. The van der Waals surface area contributed by atoms with Gasteiger partial charge in [-0.2, -0.15) is 5.26 Å². The average Bonchev–Trinajstić information content (AvgIpc) is 1.63. The summed E-state index contributed by atoms with van der Waals surface area (Å²) >= 11 is 0. The van der Waals surface area contributed by atoms with Gasteiger partial charge in [-0.3, -0.25) is 5.84 Å².